The molecule has 0 heterocycles. The summed E-state index contributed by atoms with van der Waals surface area (Å²) < 4.78 is 0. The van der Waals surface area contributed by atoms with Crippen LogP contribution in [0, 0.1) is 11.8 Å². The van der Waals surface area contributed by atoms with E-state index in [4.69, 9.17) is 5.73 Å². The first-order chi connectivity index (χ1) is 6.15. The van der Waals surface area contributed by atoms with Crippen molar-refractivity contribution in [1.82, 2.24) is 0 Å². The number of hydrogen-bond donors (Lipinski definition) is 1. The Morgan fingerprint density at radius 3 is 1.85 bits per heavy atom. The van der Waals surface area contributed by atoms with Crippen molar-refractivity contribution in [1.29, 1.82) is 0 Å². The third kappa shape index (κ3) is 5.30. The van der Waals surface area contributed by atoms with Crippen LogP contribution in [0.4, 0.5) is 0 Å². The highest BCUT2D eigenvalue weighted by Gasteiger charge is 2.14. The molecule has 0 aliphatic rings. The predicted molar refractivity (Wildman–Crippen MR) is 60.7 cm³/mol. The van der Waals surface area contributed by atoms with Crippen LogP contribution in [0.3, 0.4) is 0 Å². The molecule has 0 fully saturated rings. The average molecular weight is 185 g/mol. The second-order valence-corrected chi connectivity index (χ2v) is 4.33. The Balaban J connectivity index is 3.65. The van der Waals surface area contributed by atoms with Gasteiger partial charge in [0.15, 0.2) is 0 Å². The van der Waals surface area contributed by atoms with Gasteiger partial charge >= 0.3 is 0 Å². The smallest absolute Gasteiger partial charge is 0.00670 e. The van der Waals surface area contributed by atoms with Gasteiger partial charge in [-0.25, -0.2) is 0 Å². The first-order valence-electron chi connectivity index (χ1n) is 5.91. The molecule has 0 saturated heterocycles. The molecule has 2 N–H and O–H groups in total. The highest BCUT2D eigenvalue weighted by molar-refractivity contribution is 4.71. The summed E-state index contributed by atoms with van der Waals surface area (Å²) in [4.78, 5) is 0. The normalized spacial score (nSPS) is 16.2. The van der Waals surface area contributed by atoms with Crippen molar-refractivity contribution in [2.45, 2.75) is 65.8 Å². The minimum absolute atomic E-state index is 0.434. The standard InChI is InChI=1S/C12H27N/c1-5-10(4)8-9-12(13)11(6-2)7-3/h10-12H,5-9,13H2,1-4H3/t10?,12-/m0/s1. The van der Waals surface area contributed by atoms with Gasteiger partial charge in [-0.2, -0.15) is 0 Å². The van der Waals surface area contributed by atoms with E-state index < -0.39 is 0 Å². The van der Waals surface area contributed by atoms with E-state index in [0.717, 1.165) is 11.8 Å². The molecule has 13 heavy (non-hydrogen) atoms. The molecule has 1 nitrogen and oxygen atoms in total. The van der Waals surface area contributed by atoms with E-state index >= 15 is 0 Å². The molecule has 0 spiro atoms. The maximum absolute atomic E-state index is 6.14. The molecular formula is C12H27N. The molecule has 0 rings (SSSR count). The van der Waals surface area contributed by atoms with Crippen molar-refractivity contribution in [2.24, 2.45) is 17.6 Å². The van der Waals surface area contributed by atoms with Crippen LogP contribution in [-0.2, 0) is 0 Å². The highest BCUT2D eigenvalue weighted by atomic mass is 14.6. The van der Waals surface area contributed by atoms with E-state index in [2.05, 4.69) is 27.7 Å². The summed E-state index contributed by atoms with van der Waals surface area (Å²) in [5.74, 6) is 1.59. The van der Waals surface area contributed by atoms with Gasteiger partial charge in [0, 0.05) is 6.04 Å². The van der Waals surface area contributed by atoms with Crippen LogP contribution in [0.1, 0.15) is 59.8 Å². The molecular weight excluding hydrogens is 158 g/mol. The summed E-state index contributed by atoms with van der Waals surface area (Å²) in [5.41, 5.74) is 6.14. The topological polar surface area (TPSA) is 26.0 Å². The van der Waals surface area contributed by atoms with Gasteiger partial charge in [0.1, 0.15) is 0 Å². The lowest BCUT2D eigenvalue weighted by molar-refractivity contribution is 0.347. The Labute approximate surface area is 84.1 Å². The van der Waals surface area contributed by atoms with E-state index in [9.17, 15) is 0 Å². The van der Waals surface area contributed by atoms with Crippen molar-refractivity contribution < 1.29 is 0 Å². The second kappa shape index (κ2) is 7.37. The summed E-state index contributed by atoms with van der Waals surface area (Å²) in [7, 11) is 0. The van der Waals surface area contributed by atoms with Gasteiger partial charge in [-0.3, -0.25) is 0 Å². The van der Waals surface area contributed by atoms with E-state index in [-0.39, 0.29) is 0 Å². The number of nitrogens with two attached hydrogens (primary N) is 1. The van der Waals surface area contributed by atoms with E-state index in [1.165, 1.54) is 32.1 Å². The monoisotopic (exact) mass is 185 g/mol. The minimum atomic E-state index is 0.434. The third-order valence-corrected chi connectivity index (χ3v) is 3.34. The van der Waals surface area contributed by atoms with Crippen molar-refractivity contribution >= 4 is 0 Å². The molecule has 1 unspecified atom stereocenters. The lowest BCUT2D eigenvalue weighted by Crippen LogP contribution is -2.29. The number of hydrogen-bond acceptors (Lipinski definition) is 1. The third-order valence-electron chi connectivity index (χ3n) is 3.34. The quantitative estimate of drug-likeness (QED) is 0.644. The maximum atomic E-state index is 6.14. The molecule has 0 aliphatic heterocycles. The van der Waals surface area contributed by atoms with E-state index in [1.54, 1.807) is 0 Å². The molecule has 0 amide bonds. The molecule has 1 heteroatoms. The SMILES string of the molecule is CCC(C)CC[C@H](N)C(CC)CC. The average Bonchev–Trinajstić information content (AvgIpc) is 2.16. The first kappa shape index (κ1) is 13.0. The maximum Gasteiger partial charge on any atom is 0.00670 e. The van der Waals surface area contributed by atoms with Crippen LogP contribution in [-0.4, -0.2) is 6.04 Å². The zero-order chi connectivity index (χ0) is 10.3. The molecule has 80 valence electrons. The van der Waals surface area contributed by atoms with Crippen molar-refractivity contribution in [3.8, 4) is 0 Å². The zero-order valence-corrected chi connectivity index (χ0v) is 9.84. The Bertz CT molecular complexity index is 108. The lowest BCUT2D eigenvalue weighted by atomic mass is 9.89. The van der Waals surface area contributed by atoms with Crippen molar-refractivity contribution in [2.75, 3.05) is 0 Å². The molecule has 0 bridgehead atoms. The summed E-state index contributed by atoms with van der Waals surface area (Å²) in [6, 6.07) is 0.434. The van der Waals surface area contributed by atoms with Crippen LogP contribution < -0.4 is 5.73 Å². The summed E-state index contributed by atoms with van der Waals surface area (Å²) in [6.07, 6.45) is 6.27. The number of rotatable bonds is 7. The van der Waals surface area contributed by atoms with Gasteiger partial charge in [-0.15, -0.1) is 0 Å². The predicted octanol–water partition coefficient (Wildman–Crippen LogP) is 3.58. The van der Waals surface area contributed by atoms with Gasteiger partial charge in [-0.1, -0.05) is 47.0 Å². The van der Waals surface area contributed by atoms with Crippen LogP contribution in [0.15, 0.2) is 0 Å². The van der Waals surface area contributed by atoms with Gasteiger partial charge in [0.2, 0.25) is 0 Å². The highest BCUT2D eigenvalue weighted by Crippen LogP contribution is 2.18. The van der Waals surface area contributed by atoms with E-state index in [0.29, 0.717) is 6.04 Å². The Morgan fingerprint density at radius 1 is 0.923 bits per heavy atom. The van der Waals surface area contributed by atoms with Crippen molar-refractivity contribution in [3.63, 3.8) is 0 Å². The van der Waals surface area contributed by atoms with Crippen LogP contribution in [0.5, 0.6) is 0 Å². The largest absolute Gasteiger partial charge is 0.327 e. The molecule has 0 saturated carbocycles. The molecule has 2 atom stereocenters. The van der Waals surface area contributed by atoms with Gasteiger partial charge in [0.05, 0.1) is 0 Å². The molecule has 0 aromatic heterocycles. The van der Waals surface area contributed by atoms with Gasteiger partial charge in [-0.05, 0) is 24.7 Å². The van der Waals surface area contributed by atoms with Gasteiger partial charge in [0.25, 0.3) is 0 Å². The van der Waals surface area contributed by atoms with Crippen LogP contribution >= 0.6 is 0 Å². The molecule has 0 aliphatic carbocycles. The minimum Gasteiger partial charge on any atom is -0.327 e. The van der Waals surface area contributed by atoms with Crippen LogP contribution in [0.25, 0.3) is 0 Å². The zero-order valence-electron chi connectivity index (χ0n) is 9.84. The first-order valence-corrected chi connectivity index (χ1v) is 5.91. The van der Waals surface area contributed by atoms with Crippen molar-refractivity contribution in [3.05, 3.63) is 0 Å². The molecule has 0 radical (unpaired) electrons. The Morgan fingerprint density at radius 2 is 1.46 bits per heavy atom. The Kier molecular flexibility index (Phi) is 7.35. The van der Waals surface area contributed by atoms with Gasteiger partial charge < -0.3 is 5.73 Å². The molecule has 0 aromatic rings. The summed E-state index contributed by atoms with van der Waals surface area (Å²) >= 11 is 0. The second-order valence-electron chi connectivity index (χ2n) is 4.33. The van der Waals surface area contributed by atoms with Crippen LogP contribution in [0.2, 0.25) is 0 Å². The fourth-order valence-electron chi connectivity index (χ4n) is 1.81. The molecule has 0 aromatic carbocycles. The fourth-order valence-corrected chi connectivity index (χ4v) is 1.81. The summed E-state index contributed by atoms with van der Waals surface area (Å²) in [6.45, 7) is 9.07. The van der Waals surface area contributed by atoms with E-state index in [1.807, 2.05) is 0 Å². The fraction of sp³-hybridized carbons (Fsp3) is 1.00. The Hall–Kier alpha value is -0.0400. The lowest BCUT2D eigenvalue weighted by Gasteiger charge is -2.22. The summed E-state index contributed by atoms with van der Waals surface area (Å²) in [5, 5.41) is 0.